The highest BCUT2D eigenvalue weighted by Gasteiger charge is 2.30. The largest absolute Gasteiger partial charge is 0.377 e. The summed E-state index contributed by atoms with van der Waals surface area (Å²) in [6.45, 7) is 17.9. The number of pyridine rings is 1. The minimum Gasteiger partial charge on any atom is -0.377 e. The van der Waals surface area contributed by atoms with Gasteiger partial charge in [-0.15, -0.1) is 0 Å². The molecule has 0 unspecified atom stereocenters. The van der Waals surface area contributed by atoms with Crippen LogP contribution in [0.25, 0.3) is 0 Å². The fourth-order valence-electron chi connectivity index (χ4n) is 3.07. The highest BCUT2D eigenvalue weighted by Crippen LogP contribution is 2.41. The van der Waals surface area contributed by atoms with Crippen molar-refractivity contribution >= 4 is 5.69 Å². The number of nitrogens with zero attached hydrogens (tertiary/aromatic N) is 2. The summed E-state index contributed by atoms with van der Waals surface area (Å²) in [6.07, 6.45) is 0. The predicted octanol–water partition coefficient (Wildman–Crippen LogP) is 4.36. The Labute approximate surface area is 119 Å². The van der Waals surface area contributed by atoms with E-state index in [2.05, 4.69) is 74.4 Å². The summed E-state index contributed by atoms with van der Waals surface area (Å²) in [5.41, 5.74) is 6.60. The first kappa shape index (κ1) is 16.0. The first-order valence-corrected chi connectivity index (χ1v) is 7.07. The number of anilines is 1. The maximum Gasteiger partial charge on any atom is 0.0473 e. The zero-order valence-electron chi connectivity index (χ0n) is 14.4. The summed E-state index contributed by atoms with van der Waals surface area (Å²) in [4.78, 5) is 7.08. The van der Waals surface area contributed by atoms with Gasteiger partial charge in [-0.25, -0.2) is 0 Å². The van der Waals surface area contributed by atoms with Gasteiger partial charge < -0.3 is 4.90 Å². The molecule has 0 aliphatic carbocycles. The van der Waals surface area contributed by atoms with Gasteiger partial charge in [0.25, 0.3) is 0 Å². The summed E-state index contributed by atoms with van der Waals surface area (Å²) in [7, 11) is 4.28. The molecule has 0 aliphatic rings. The first-order valence-electron chi connectivity index (χ1n) is 7.07. The van der Waals surface area contributed by atoms with Crippen molar-refractivity contribution < 1.29 is 0 Å². The van der Waals surface area contributed by atoms with Crippen LogP contribution < -0.4 is 4.90 Å². The van der Waals surface area contributed by atoms with Crippen molar-refractivity contribution in [2.75, 3.05) is 19.0 Å². The first-order chi connectivity index (χ1) is 8.37. The van der Waals surface area contributed by atoms with Gasteiger partial charge in [-0.1, -0.05) is 41.5 Å². The Hall–Kier alpha value is -1.05. The molecule has 0 atom stereocenters. The molecule has 0 radical (unpaired) electrons. The summed E-state index contributed by atoms with van der Waals surface area (Å²) < 4.78 is 0. The second kappa shape index (κ2) is 4.81. The Balaban J connectivity index is 3.85. The van der Waals surface area contributed by atoms with Gasteiger partial charge in [0.05, 0.1) is 0 Å². The van der Waals surface area contributed by atoms with Crippen LogP contribution in [0.2, 0.25) is 0 Å². The van der Waals surface area contributed by atoms with Crippen LogP contribution in [-0.2, 0) is 10.8 Å². The van der Waals surface area contributed by atoms with Crippen molar-refractivity contribution in [1.82, 2.24) is 4.98 Å². The van der Waals surface area contributed by atoms with Gasteiger partial charge in [0.1, 0.15) is 0 Å². The second-order valence-corrected chi connectivity index (χ2v) is 7.78. The Morgan fingerprint density at radius 3 is 1.26 bits per heavy atom. The topological polar surface area (TPSA) is 16.1 Å². The normalized spacial score (nSPS) is 12.7. The predicted molar refractivity (Wildman–Crippen MR) is 85.4 cm³/mol. The molecular weight excluding hydrogens is 232 g/mol. The minimum atomic E-state index is 0.102. The van der Waals surface area contributed by atoms with Gasteiger partial charge in [0.2, 0.25) is 0 Å². The number of hydrogen-bond donors (Lipinski definition) is 0. The SMILES string of the molecule is Cc1nc(C)c(C(C)(C)C)c(N(C)C)c1C(C)(C)C. The van der Waals surface area contributed by atoms with Crippen molar-refractivity contribution in [3.63, 3.8) is 0 Å². The zero-order chi connectivity index (χ0) is 15.2. The number of aryl methyl sites for hydroxylation is 2. The molecule has 0 spiro atoms. The average molecular weight is 262 g/mol. The molecule has 0 bridgehead atoms. The van der Waals surface area contributed by atoms with E-state index in [0.29, 0.717) is 0 Å². The van der Waals surface area contributed by atoms with Gasteiger partial charge in [0.15, 0.2) is 0 Å². The van der Waals surface area contributed by atoms with E-state index in [-0.39, 0.29) is 10.8 Å². The Kier molecular flexibility index (Phi) is 4.05. The average Bonchev–Trinajstić information content (AvgIpc) is 2.10. The molecule has 0 aromatic carbocycles. The third kappa shape index (κ3) is 3.10. The molecule has 0 saturated heterocycles. The molecule has 0 N–H and O–H groups in total. The molecule has 1 rings (SSSR count). The van der Waals surface area contributed by atoms with Crippen molar-refractivity contribution in [2.45, 2.75) is 66.2 Å². The van der Waals surface area contributed by atoms with Gasteiger partial charge >= 0.3 is 0 Å². The van der Waals surface area contributed by atoms with Gasteiger partial charge in [-0.3, -0.25) is 4.98 Å². The Morgan fingerprint density at radius 1 is 0.737 bits per heavy atom. The Bertz CT molecular complexity index is 433. The number of rotatable bonds is 1. The van der Waals surface area contributed by atoms with E-state index in [1.54, 1.807) is 0 Å². The molecule has 0 saturated carbocycles. The summed E-state index contributed by atoms with van der Waals surface area (Å²) in [6, 6.07) is 0. The van der Waals surface area contributed by atoms with Crippen molar-refractivity contribution in [3.8, 4) is 0 Å². The van der Waals surface area contributed by atoms with Crippen molar-refractivity contribution in [3.05, 3.63) is 22.5 Å². The molecule has 108 valence electrons. The fraction of sp³-hybridized carbons (Fsp3) is 0.706. The van der Waals surface area contributed by atoms with Crippen LogP contribution in [0.1, 0.15) is 64.1 Å². The van der Waals surface area contributed by atoms with Gasteiger partial charge in [-0.05, 0) is 24.7 Å². The highest BCUT2D eigenvalue weighted by atomic mass is 15.1. The standard InChI is InChI=1S/C17H30N2/c1-11-13(16(3,4)5)15(19(9)10)14(12(2)18-11)17(6,7)8/h1-10H3. The van der Waals surface area contributed by atoms with Crippen LogP contribution in [0, 0.1) is 13.8 Å². The molecular formula is C17H30N2. The molecule has 1 aromatic heterocycles. The van der Waals surface area contributed by atoms with Crippen molar-refractivity contribution in [2.24, 2.45) is 0 Å². The van der Waals surface area contributed by atoms with Crippen LogP contribution in [0.5, 0.6) is 0 Å². The van der Waals surface area contributed by atoms with E-state index in [1.165, 1.54) is 16.8 Å². The van der Waals surface area contributed by atoms with E-state index in [9.17, 15) is 0 Å². The highest BCUT2D eigenvalue weighted by molar-refractivity contribution is 5.65. The summed E-state index contributed by atoms with van der Waals surface area (Å²) >= 11 is 0. The maximum absolute atomic E-state index is 4.82. The van der Waals surface area contributed by atoms with Crippen LogP contribution in [-0.4, -0.2) is 19.1 Å². The monoisotopic (exact) mass is 262 g/mol. The lowest BCUT2D eigenvalue weighted by Gasteiger charge is -2.35. The molecule has 19 heavy (non-hydrogen) atoms. The lowest BCUT2D eigenvalue weighted by atomic mass is 9.77. The Morgan fingerprint density at radius 2 is 1.05 bits per heavy atom. The van der Waals surface area contributed by atoms with Gasteiger partial charge in [0, 0.05) is 42.3 Å². The molecule has 0 amide bonds. The lowest BCUT2D eigenvalue weighted by molar-refractivity contribution is 0.555. The molecule has 1 heterocycles. The molecule has 2 nitrogen and oxygen atoms in total. The van der Waals surface area contributed by atoms with E-state index in [0.717, 1.165) is 11.4 Å². The van der Waals surface area contributed by atoms with Crippen LogP contribution in [0.3, 0.4) is 0 Å². The van der Waals surface area contributed by atoms with Crippen LogP contribution >= 0.6 is 0 Å². The molecule has 0 aliphatic heterocycles. The number of hydrogen-bond acceptors (Lipinski definition) is 2. The third-order valence-corrected chi connectivity index (χ3v) is 3.48. The molecule has 1 aromatic rings. The minimum absolute atomic E-state index is 0.102. The summed E-state index contributed by atoms with van der Waals surface area (Å²) in [5.74, 6) is 0. The number of aromatic nitrogens is 1. The van der Waals surface area contributed by atoms with E-state index >= 15 is 0 Å². The van der Waals surface area contributed by atoms with Crippen molar-refractivity contribution in [1.29, 1.82) is 0 Å². The molecule has 0 fully saturated rings. The van der Waals surface area contributed by atoms with Gasteiger partial charge in [-0.2, -0.15) is 0 Å². The maximum atomic E-state index is 4.82. The lowest BCUT2D eigenvalue weighted by Crippen LogP contribution is -2.28. The fourth-order valence-corrected chi connectivity index (χ4v) is 3.07. The molecule has 2 heteroatoms. The van der Waals surface area contributed by atoms with Crippen LogP contribution in [0.15, 0.2) is 0 Å². The van der Waals surface area contributed by atoms with E-state index in [4.69, 9.17) is 4.98 Å². The zero-order valence-corrected chi connectivity index (χ0v) is 14.4. The van der Waals surface area contributed by atoms with E-state index in [1.807, 2.05) is 0 Å². The van der Waals surface area contributed by atoms with Crippen LogP contribution in [0.4, 0.5) is 5.69 Å². The smallest absolute Gasteiger partial charge is 0.0473 e. The second-order valence-electron chi connectivity index (χ2n) is 7.78. The quantitative estimate of drug-likeness (QED) is 0.747. The third-order valence-electron chi connectivity index (χ3n) is 3.48. The summed E-state index contributed by atoms with van der Waals surface area (Å²) in [5, 5.41) is 0. The van der Waals surface area contributed by atoms with E-state index < -0.39 is 0 Å².